The van der Waals surface area contributed by atoms with E-state index in [1.165, 1.54) is 53.9 Å². The molecule has 0 radical (unpaired) electrons. The number of anilines is 4. The molecule has 3 saturated heterocycles. The van der Waals surface area contributed by atoms with Crippen molar-refractivity contribution in [3.63, 3.8) is 0 Å². The van der Waals surface area contributed by atoms with Gasteiger partial charge in [0.2, 0.25) is 30.1 Å². The lowest BCUT2D eigenvalue weighted by Gasteiger charge is -2.34. The van der Waals surface area contributed by atoms with Gasteiger partial charge < -0.3 is 54.1 Å². The molecule has 0 bridgehead atoms. The first-order chi connectivity index (χ1) is 47.3. The van der Waals surface area contributed by atoms with Gasteiger partial charge in [-0.25, -0.2) is 33.9 Å². The van der Waals surface area contributed by atoms with Gasteiger partial charge in [-0.1, -0.05) is 24.3 Å². The minimum atomic E-state index is -3.70. The molecule has 100 heavy (non-hydrogen) atoms. The van der Waals surface area contributed by atoms with Crippen LogP contribution < -0.4 is 34.6 Å². The molecule has 0 amide bonds. The maximum atomic E-state index is 13.1. The summed E-state index contributed by atoms with van der Waals surface area (Å²) < 4.78 is 101. The van der Waals surface area contributed by atoms with Crippen LogP contribution in [0.1, 0.15) is 57.3 Å². The van der Waals surface area contributed by atoms with Crippen molar-refractivity contribution in [2.45, 2.75) is 81.9 Å². The third kappa shape index (κ3) is 22.9. The number of ether oxygens (including phenoxy) is 4. The van der Waals surface area contributed by atoms with Crippen LogP contribution in [0.25, 0.3) is 0 Å². The molecule has 23 nitrogen and oxygen atoms in total. The number of hydrogen-bond acceptors (Lipinski definition) is 20. The Bertz CT molecular complexity index is 3770. The second-order valence-corrected chi connectivity index (χ2v) is 31.9. The van der Waals surface area contributed by atoms with E-state index in [0.29, 0.717) is 69.9 Å². The highest BCUT2D eigenvalue weighted by molar-refractivity contribution is 7.89. The van der Waals surface area contributed by atoms with E-state index in [-0.39, 0.29) is 65.3 Å². The topological polar surface area (TPSA) is 246 Å². The van der Waals surface area contributed by atoms with Gasteiger partial charge in [-0.3, -0.25) is 14.4 Å². The fourth-order valence-corrected chi connectivity index (χ4v) is 16.8. The fraction of sp³-hybridized carbons (Fsp3) is 0.473. The lowest BCUT2D eigenvalue weighted by molar-refractivity contribution is -0.128. The zero-order valence-electron chi connectivity index (χ0n) is 61.2. The highest BCUT2D eigenvalue weighted by atomic mass is 32.2. The van der Waals surface area contributed by atoms with Gasteiger partial charge in [-0.15, -0.1) is 0 Å². The van der Waals surface area contributed by atoms with Crippen molar-refractivity contribution < 1.29 is 58.6 Å². The molecular weight excluding hydrogens is 1330 g/mol. The summed E-state index contributed by atoms with van der Waals surface area (Å²) in [7, 11) is 4.55. The summed E-state index contributed by atoms with van der Waals surface area (Å²) >= 11 is 0. The lowest BCUT2D eigenvalue weighted by Crippen LogP contribution is -2.44. The summed E-state index contributed by atoms with van der Waals surface area (Å²) in [6.07, 6.45) is 0.948. The molecule has 0 saturated carbocycles. The zero-order chi connectivity index (χ0) is 73.6. The van der Waals surface area contributed by atoms with Crippen LogP contribution in [0.15, 0.2) is 124 Å². The molecule has 548 valence electrons. The van der Waals surface area contributed by atoms with Gasteiger partial charge >= 0.3 is 0 Å². The van der Waals surface area contributed by atoms with E-state index < -0.39 is 30.1 Å². The van der Waals surface area contributed by atoms with Gasteiger partial charge in [0.05, 0.1) is 36.0 Å². The van der Waals surface area contributed by atoms with Crippen LogP contribution in [0.3, 0.4) is 0 Å². The molecule has 6 aromatic rings. The molecule has 0 aliphatic carbocycles. The number of likely N-dealkylation sites (N-methyl/N-ethyl adjacent to an activating group) is 4. The molecule has 3 aliphatic heterocycles. The van der Waals surface area contributed by atoms with Crippen LogP contribution in [0.4, 0.5) is 22.7 Å². The van der Waals surface area contributed by atoms with Crippen molar-refractivity contribution >= 4 is 70.9 Å². The summed E-state index contributed by atoms with van der Waals surface area (Å²) in [5.74, 6) is 1.91. The average Bonchev–Trinajstić information content (AvgIpc) is 0.797. The largest absolute Gasteiger partial charge is 0.497 e. The molecule has 3 aliphatic rings. The van der Waals surface area contributed by atoms with E-state index in [4.69, 9.17) is 19.9 Å². The fourth-order valence-electron chi connectivity index (χ4n) is 12.1. The predicted molar refractivity (Wildman–Crippen MR) is 398 cm³/mol. The first kappa shape index (κ1) is 81.3. The van der Waals surface area contributed by atoms with Crippen LogP contribution in [0, 0.1) is 41.5 Å². The molecule has 2 N–H and O–H groups in total. The second-order valence-electron chi connectivity index (χ2n) is 25.9. The van der Waals surface area contributed by atoms with E-state index in [2.05, 4.69) is 91.7 Å². The van der Waals surface area contributed by atoms with Crippen molar-refractivity contribution in [2.75, 3.05) is 189 Å². The number of ketones is 2. The van der Waals surface area contributed by atoms with Crippen molar-refractivity contribution in [3.8, 4) is 17.2 Å². The summed E-state index contributed by atoms with van der Waals surface area (Å²) in [6.45, 7) is 23.9. The van der Waals surface area contributed by atoms with Crippen molar-refractivity contribution in [1.29, 1.82) is 0 Å². The maximum Gasteiger partial charge on any atom is 0.293 e. The number of rotatable bonds is 26. The molecular formula is C74H106N10O13S3. The Morgan fingerprint density at radius 3 is 0.920 bits per heavy atom. The minimum absolute atomic E-state index is 0.0209. The number of nitrogens with zero attached hydrogens (tertiary/aromatic N) is 9. The lowest BCUT2D eigenvalue weighted by atomic mass is 10.1. The number of Topliss-reactive ketones (excluding diaryl/α,β-unsaturated/α-hetero) is 2. The van der Waals surface area contributed by atoms with Crippen molar-refractivity contribution in [1.82, 2.24) is 27.6 Å². The summed E-state index contributed by atoms with van der Waals surface area (Å²) in [5.41, 5.74) is 15.8. The highest BCUT2D eigenvalue weighted by Crippen LogP contribution is 2.31. The Morgan fingerprint density at radius 2 is 0.670 bits per heavy atom. The predicted octanol–water partition coefficient (Wildman–Crippen LogP) is 7.90. The van der Waals surface area contributed by atoms with Gasteiger partial charge in [0, 0.05) is 168 Å². The molecule has 3 fully saturated rings. The summed E-state index contributed by atoms with van der Waals surface area (Å²) in [5, 5.41) is 0. The normalized spacial score (nSPS) is 14.9. The third-order valence-corrected chi connectivity index (χ3v) is 24.7. The number of methoxy groups -OCH3 is 3. The van der Waals surface area contributed by atoms with Crippen molar-refractivity contribution in [3.05, 3.63) is 154 Å². The Kier molecular flexibility index (Phi) is 30.8. The number of aryl methyl sites for hydroxylation is 6. The molecule has 26 heteroatoms. The van der Waals surface area contributed by atoms with Gasteiger partial charge in [-0.2, -0.15) is 4.31 Å². The number of sulfonamides is 3. The number of piperazine rings is 3. The van der Waals surface area contributed by atoms with Crippen LogP contribution in [-0.2, 0) is 62.0 Å². The van der Waals surface area contributed by atoms with E-state index in [9.17, 15) is 39.6 Å². The number of nitrogen functional groups attached to an aromatic ring is 1. The van der Waals surface area contributed by atoms with Crippen LogP contribution in [-0.4, -0.2) is 239 Å². The zero-order valence-corrected chi connectivity index (χ0v) is 63.7. The van der Waals surface area contributed by atoms with Crippen LogP contribution in [0.2, 0.25) is 0 Å². The first-order valence-corrected chi connectivity index (χ1v) is 37.9. The minimum Gasteiger partial charge on any atom is -0.497 e. The SMILES string of the molecule is CN1CCN(c2ccc(N)cc2)CC1.COc1cc(C)c(S(=O)(=O)N(C)CCC(=O)Cc2ccc(N3CCN(C)CC3)cc2)c(C)c1.COc1cc(C)c(S(=O)(=O)N(C)CCC(=O)Cc2ccc(N3CCN(C)CC3)cc2)c(C)c1.COc1cc(C)c(S(=O)(=O)N(C)CCOC=O)c(C)c1. The number of nitrogens with two attached hydrogens (primary N) is 1. The smallest absolute Gasteiger partial charge is 0.293 e. The van der Waals surface area contributed by atoms with Crippen LogP contribution in [0.5, 0.6) is 17.2 Å². The van der Waals surface area contributed by atoms with Crippen LogP contribution >= 0.6 is 0 Å². The number of benzene rings is 6. The quantitative estimate of drug-likeness (QED) is 0.0308. The molecule has 6 aromatic carbocycles. The summed E-state index contributed by atoms with van der Waals surface area (Å²) in [4.78, 5) is 50.1. The Balaban J connectivity index is 0.000000220. The molecule has 0 atom stereocenters. The van der Waals surface area contributed by atoms with E-state index in [1.54, 1.807) is 92.2 Å². The number of carbonyl (C=O) groups is 3. The third-order valence-electron chi connectivity index (χ3n) is 18.2. The Hall–Kier alpha value is -7.66. The van der Waals surface area contributed by atoms with Gasteiger partial charge in [-0.05, 0) is 192 Å². The van der Waals surface area contributed by atoms with Gasteiger partial charge in [0.15, 0.2) is 0 Å². The maximum absolute atomic E-state index is 13.1. The highest BCUT2D eigenvalue weighted by Gasteiger charge is 2.29. The molecule has 0 aromatic heterocycles. The monoisotopic (exact) mass is 1440 g/mol. The Labute approximate surface area is 595 Å². The number of carbonyl (C=O) groups excluding carboxylic acids is 3. The molecule has 0 unspecified atom stereocenters. The van der Waals surface area contributed by atoms with E-state index in [0.717, 1.165) is 99.7 Å². The molecule has 9 rings (SSSR count). The second kappa shape index (κ2) is 37.8. The Morgan fingerprint density at radius 1 is 0.420 bits per heavy atom. The van der Waals surface area contributed by atoms with E-state index >= 15 is 0 Å². The van der Waals surface area contributed by atoms with E-state index in [1.807, 2.05) is 36.4 Å². The standard InChI is InChI=1S/2C25H35N3O4S.C13H19NO5S.C11H17N3/c2*1-19-16-24(32-5)17-20(2)25(19)33(30,31)27(4)11-10-23(29)18-21-6-8-22(9-7-21)28-14-12-26(3)13-15-28;1-10-7-12(18-4)8-11(2)13(10)20(16,17)14(3)5-6-19-9-15;1-13-6-8-14(9-7-13)11-4-2-10(12)3-5-11/h2*6-9,16-17H,10-15,18H2,1-5H3;7-9H,5-6H2,1-4H3;2-5H,6-9,12H2,1H3. The first-order valence-electron chi connectivity index (χ1n) is 33.6. The molecule has 0 spiro atoms. The molecule has 3 heterocycles. The average molecular weight is 1440 g/mol. The van der Waals surface area contributed by atoms with Gasteiger partial charge in [0.25, 0.3) is 6.47 Å². The number of hydrogen-bond donors (Lipinski definition) is 1. The van der Waals surface area contributed by atoms with Crippen molar-refractivity contribution in [2.24, 2.45) is 0 Å². The van der Waals surface area contributed by atoms with Gasteiger partial charge in [0.1, 0.15) is 35.4 Å². The summed E-state index contributed by atoms with van der Waals surface area (Å²) in [6, 6.07) is 34.6.